The maximum Gasteiger partial charge on any atom is 0.265 e. The van der Waals surface area contributed by atoms with Gasteiger partial charge in [-0.3, -0.25) is 4.31 Å². The third kappa shape index (κ3) is 4.35. The zero-order valence-corrected chi connectivity index (χ0v) is 23.5. The normalized spacial score (nSPS) is 20.4. The number of rotatable bonds is 4. The number of hydrogen-bond donors (Lipinski definition) is 0. The number of para-hydroxylation sites is 2. The van der Waals surface area contributed by atoms with E-state index in [1.165, 1.54) is 4.31 Å². The van der Waals surface area contributed by atoms with Crippen LogP contribution in [0, 0.1) is 6.92 Å². The van der Waals surface area contributed by atoms with Crippen LogP contribution in [0.3, 0.4) is 0 Å². The molecule has 0 saturated carbocycles. The number of aryl methyl sites for hydroxylation is 1. The lowest BCUT2D eigenvalue weighted by molar-refractivity contribution is -0.176. The Morgan fingerprint density at radius 1 is 0.900 bits per heavy atom. The Kier molecular flexibility index (Phi) is 6.64. The summed E-state index contributed by atoms with van der Waals surface area (Å²) in [5, 5.41) is 0. The lowest BCUT2D eigenvalue weighted by atomic mass is 9.86. The molecule has 6 nitrogen and oxygen atoms in total. The van der Waals surface area contributed by atoms with Gasteiger partial charge in [-0.25, -0.2) is 8.42 Å². The van der Waals surface area contributed by atoms with E-state index in [-0.39, 0.29) is 17.5 Å². The minimum absolute atomic E-state index is 0.239. The molecular weight excluding hydrogens is 522 g/mol. The summed E-state index contributed by atoms with van der Waals surface area (Å²) in [6, 6.07) is 30.1. The number of hydrogen-bond acceptors (Lipinski definition) is 5. The van der Waals surface area contributed by atoms with Gasteiger partial charge in [0.05, 0.1) is 23.8 Å². The van der Waals surface area contributed by atoms with Crippen molar-refractivity contribution in [2.24, 2.45) is 0 Å². The standard InChI is InChI=1S/C33H31NO5S/c1-23-16-18-27(19-17-23)40(35,36)34-21-20-24(2)38-33(26-11-5-4-6-12-26)29(28-13-7-8-14-30(28)34)22-25-10-9-15-31(37-3)32(25)39-33/h4-19,22,24H,20-21H2,1-3H3/t24-,33-/m1/s1. The van der Waals surface area contributed by atoms with Crippen molar-refractivity contribution in [2.75, 3.05) is 18.0 Å². The van der Waals surface area contributed by atoms with E-state index in [4.69, 9.17) is 14.2 Å². The van der Waals surface area contributed by atoms with Crippen molar-refractivity contribution < 1.29 is 22.6 Å². The third-order valence-electron chi connectivity index (χ3n) is 7.46. The van der Waals surface area contributed by atoms with Crippen LogP contribution in [0.5, 0.6) is 11.5 Å². The Bertz CT molecular complexity index is 1680. The summed E-state index contributed by atoms with van der Waals surface area (Å²) in [6.07, 6.45) is 2.12. The first kappa shape index (κ1) is 26.2. The van der Waals surface area contributed by atoms with Gasteiger partial charge in [-0.1, -0.05) is 78.4 Å². The molecule has 2 aliphatic heterocycles. The van der Waals surface area contributed by atoms with Crippen molar-refractivity contribution in [3.8, 4) is 11.5 Å². The summed E-state index contributed by atoms with van der Waals surface area (Å²) >= 11 is 0. The molecule has 2 heterocycles. The second-order valence-corrected chi connectivity index (χ2v) is 12.0. The second-order valence-electron chi connectivity index (χ2n) is 10.1. The molecule has 0 N–H and O–H groups in total. The Balaban J connectivity index is 1.64. The van der Waals surface area contributed by atoms with Crippen molar-refractivity contribution >= 4 is 27.4 Å². The Labute approximate surface area is 235 Å². The van der Waals surface area contributed by atoms with E-state index < -0.39 is 15.8 Å². The maximum atomic E-state index is 14.2. The molecule has 0 unspecified atom stereocenters. The Hall–Kier alpha value is -4.07. The van der Waals surface area contributed by atoms with Crippen LogP contribution in [0.15, 0.2) is 102 Å². The first-order valence-corrected chi connectivity index (χ1v) is 14.8. The van der Waals surface area contributed by atoms with Crippen molar-refractivity contribution in [3.63, 3.8) is 0 Å². The highest BCUT2D eigenvalue weighted by atomic mass is 32.2. The first-order valence-electron chi connectivity index (χ1n) is 13.3. The van der Waals surface area contributed by atoms with Gasteiger partial charge >= 0.3 is 0 Å². The van der Waals surface area contributed by atoms with Crippen LogP contribution < -0.4 is 13.8 Å². The SMILES string of the molecule is COc1cccc2c1O[C@@]1(c3ccccc3)O[C@H](C)CCN(S(=O)(=O)c3ccc(C)cc3)c3ccccc3C1=C2. The van der Waals surface area contributed by atoms with E-state index in [1.807, 2.05) is 105 Å². The number of ether oxygens (including phenoxy) is 3. The number of anilines is 1. The lowest BCUT2D eigenvalue weighted by Crippen LogP contribution is -2.42. The molecule has 0 fully saturated rings. The number of sulfonamides is 1. The number of nitrogens with zero attached hydrogens (tertiary/aromatic N) is 1. The van der Waals surface area contributed by atoms with E-state index in [9.17, 15) is 8.42 Å². The van der Waals surface area contributed by atoms with Crippen molar-refractivity contribution in [3.05, 3.63) is 119 Å². The zero-order chi connectivity index (χ0) is 27.9. The van der Waals surface area contributed by atoms with Gasteiger partial charge in [-0.15, -0.1) is 0 Å². The number of benzene rings is 4. The summed E-state index contributed by atoms with van der Waals surface area (Å²) in [5.74, 6) is -0.177. The monoisotopic (exact) mass is 553 g/mol. The largest absolute Gasteiger partial charge is 0.493 e. The van der Waals surface area contributed by atoms with Gasteiger partial charge in [0.1, 0.15) is 0 Å². The smallest absolute Gasteiger partial charge is 0.265 e. The van der Waals surface area contributed by atoms with Crippen molar-refractivity contribution in [2.45, 2.75) is 37.1 Å². The average Bonchev–Trinajstić information content (AvgIpc) is 3.02. The van der Waals surface area contributed by atoms with Crippen LogP contribution in [0.1, 0.15) is 35.6 Å². The number of methoxy groups -OCH3 is 1. The predicted molar refractivity (Wildman–Crippen MR) is 157 cm³/mol. The van der Waals surface area contributed by atoms with E-state index in [0.29, 0.717) is 34.7 Å². The zero-order valence-electron chi connectivity index (χ0n) is 22.7. The summed E-state index contributed by atoms with van der Waals surface area (Å²) in [5.41, 5.74) is 4.62. The van der Waals surface area contributed by atoms with E-state index in [1.54, 1.807) is 19.2 Å². The topological polar surface area (TPSA) is 65.1 Å². The summed E-state index contributed by atoms with van der Waals surface area (Å²) in [6.45, 7) is 4.13. The molecule has 0 radical (unpaired) electrons. The van der Waals surface area contributed by atoms with Crippen LogP contribution >= 0.6 is 0 Å². The van der Waals surface area contributed by atoms with Crippen LogP contribution in [0.4, 0.5) is 5.69 Å². The Morgan fingerprint density at radius 3 is 2.38 bits per heavy atom. The molecular formula is C33H31NO5S. The Morgan fingerprint density at radius 2 is 1.62 bits per heavy atom. The highest BCUT2D eigenvalue weighted by Gasteiger charge is 2.48. The molecule has 204 valence electrons. The highest BCUT2D eigenvalue weighted by Crippen LogP contribution is 2.53. The molecule has 0 bridgehead atoms. The maximum absolute atomic E-state index is 14.2. The molecule has 0 amide bonds. The fraction of sp³-hybridized carbons (Fsp3) is 0.212. The highest BCUT2D eigenvalue weighted by molar-refractivity contribution is 7.92. The van der Waals surface area contributed by atoms with Gasteiger partial charge < -0.3 is 14.2 Å². The molecule has 0 aliphatic carbocycles. The fourth-order valence-corrected chi connectivity index (χ4v) is 6.91. The quantitative estimate of drug-likeness (QED) is 0.278. The van der Waals surface area contributed by atoms with E-state index >= 15 is 0 Å². The van der Waals surface area contributed by atoms with Crippen molar-refractivity contribution in [1.82, 2.24) is 0 Å². The molecule has 0 saturated heterocycles. The molecule has 4 aromatic rings. The van der Waals surface area contributed by atoms with Gasteiger partial charge in [-0.2, -0.15) is 0 Å². The number of fused-ring (bicyclic) bond motifs is 4. The minimum atomic E-state index is -3.88. The molecule has 0 aromatic heterocycles. The average molecular weight is 554 g/mol. The van der Waals surface area contributed by atoms with Crippen LogP contribution in [0.2, 0.25) is 0 Å². The molecule has 2 aliphatic rings. The fourth-order valence-electron chi connectivity index (χ4n) is 5.42. The van der Waals surface area contributed by atoms with Gasteiger partial charge in [-0.05, 0) is 50.6 Å². The molecule has 7 heteroatoms. The lowest BCUT2D eigenvalue weighted by Gasteiger charge is -2.41. The molecule has 0 spiro atoms. The molecule has 4 aromatic carbocycles. The minimum Gasteiger partial charge on any atom is -0.493 e. The van der Waals surface area contributed by atoms with Crippen molar-refractivity contribution in [1.29, 1.82) is 0 Å². The van der Waals surface area contributed by atoms with Crippen LogP contribution in [0.25, 0.3) is 11.6 Å². The third-order valence-corrected chi connectivity index (χ3v) is 9.29. The van der Waals surface area contributed by atoms with Gasteiger partial charge in [0.2, 0.25) is 0 Å². The molecule has 2 atom stereocenters. The van der Waals surface area contributed by atoms with Crippen LogP contribution in [-0.2, 0) is 20.5 Å². The predicted octanol–water partition coefficient (Wildman–Crippen LogP) is 6.79. The first-order chi connectivity index (χ1) is 19.3. The van der Waals surface area contributed by atoms with E-state index in [2.05, 4.69) is 0 Å². The molecule has 40 heavy (non-hydrogen) atoms. The van der Waals surface area contributed by atoms with E-state index in [0.717, 1.165) is 16.7 Å². The van der Waals surface area contributed by atoms with Crippen LogP contribution in [-0.4, -0.2) is 28.2 Å². The second kappa shape index (κ2) is 10.2. The summed E-state index contributed by atoms with van der Waals surface area (Å²) in [7, 11) is -2.26. The van der Waals surface area contributed by atoms with Gasteiger partial charge in [0.25, 0.3) is 15.8 Å². The summed E-state index contributed by atoms with van der Waals surface area (Å²) in [4.78, 5) is 0.249. The van der Waals surface area contributed by atoms with Gasteiger partial charge in [0.15, 0.2) is 11.5 Å². The summed E-state index contributed by atoms with van der Waals surface area (Å²) < 4.78 is 49.3. The molecule has 6 rings (SSSR count). The van der Waals surface area contributed by atoms with Gasteiger partial charge in [0, 0.05) is 28.8 Å².